The van der Waals surface area contributed by atoms with Crippen molar-refractivity contribution in [2.24, 2.45) is 0 Å². The van der Waals surface area contributed by atoms with Gasteiger partial charge in [0.05, 0.1) is 6.07 Å². The number of hydrogen-bond acceptors (Lipinski definition) is 3. The van der Waals surface area contributed by atoms with Crippen LogP contribution in [-0.4, -0.2) is 21.3 Å². The predicted molar refractivity (Wildman–Crippen MR) is 72.4 cm³/mol. The number of rotatable bonds is 2. The van der Waals surface area contributed by atoms with Crippen molar-refractivity contribution in [3.05, 3.63) is 48.0 Å². The van der Waals surface area contributed by atoms with Crippen LogP contribution in [0, 0.1) is 11.3 Å². The molecule has 0 radical (unpaired) electrons. The van der Waals surface area contributed by atoms with Crippen LogP contribution in [0.2, 0.25) is 0 Å². The number of H-pyrrole nitrogens is 1. The topological polar surface area (TPSA) is 80.0 Å². The summed E-state index contributed by atoms with van der Waals surface area (Å²) in [6.07, 6.45) is -2.61. The molecule has 1 heterocycles. The van der Waals surface area contributed by atoms with Crippen molar-refractivity contribution >= 4 is 21.8 Å². The van der Waals surface area contributed by atoms with Gasteiger partial charge in [0.2, 0.25) is 0 Å². The van der Waals surface area contributed by atoms with Gasteiger partial charge in [-0.15, -0.1) is 0 Å². The number of benzene rings is 2. The third-order valence-electron chi connectivity index (χ3n) is 3.30. The average Bonchev–Trinajstić information content (AvgIpc) is 2.83. The number of para-hydroxylation sites is 1. The van der Waals surface area contributed by atoms with Crippen molar-refractivity contribution in [3.8, 4) is 6.07 Å². The van der Waals surface area contributed by atoms with E-state index in [2.05, 4.69) is 4.98 Å². The quantitative estimate of drug-likeness (QED) is 0.612. The number of nitriles is 1. The minimum atomic E-state index is -1.41. The first-order valence-electron chi connectivity index (χ1n) is 5.97. The molecule has 0 saturated carbocycles. The predicted octanol–water partition coefficient (Wildman–Crippen LogP) is 2.24. The number of hydrogen-bond donors (Lipinski definition) is 3. The zero-order chi connectivity index (χ0) is 13.4. The highest BCUT2D eigenvalue weighted by atomic mass is 16.3. The Hall–Kier alpha value is -2.35. The van der Waals surface area contributed by atoms with E-state index in [0.29, 0.717) is 5.56 Å². The summed E-state index contributed by atoms with van der Waals surface area (Å²) >= 11 is 0. The van der Waals surface area contributed by atoms with Gasteiger partial charge in [0.1, 0.15) is 6.10 Å². The molecular weight excluding hydrogens is 240 g/mol. The lowest BCUT2D eigenvalue weighted by molar-refractivity contribution is 0.0529. The van der Waals surface area contributed by atoms with Gasteiger partial charge in [-0.05, 0) is 23.8 Å². The van der Waals surface area contributed by atoms with Gasteiger partial charge in [-0.25, -0.2) is 0 Å². The van der Waals surface area contributed by atoms with Crippen molar-refractivity contribution < 1.29 is 10.2 Å². The minimum absolute atomic E-state index is 0.534. The van der Waals surface area contributed by atoms with E-state index in [1.54, 1.807) is 18.2 Å². The third-order valence-corrected chi connectivity index (χ3v) is 3.30. The van der Waals surface area contributed by atoms with Crippen LogP contribution in [0.5, 0.6) is 0 Å². The Balaban J connectivity index is 2.20. The van der Waals surface area contributed by atoms with Crippen molar-refractivity contribution in [3.63, 3.8) is 0 Å². The Labute approximate surface area is 109 Å². The van der Waals surface area contributed by atoms with Gasteiger partial charge in [-0.1, -0.05) is 24.3 Å². The van der Waals surface area contributed by atoms with E-state index in [0.717, 1.165) is 21.8 Å². The average molecular weight is 252 g/mol. The summed E-state index contributed by atoms with van der Waals surface area (Å²) < 4.78 is 0. The van der Waals surface area contributed by atoms with Crippen LogP contribution in [0.15, 0.2) is 42.5 Å². The summed E-state index contributed by atoms with van der Waals surface area (Å²) in [7, 11) is 0. The van der Waals surface area contributed by atoms with Gasteiger partial charge in [0, 0.05) is 21.8 Å². The molecule has 0 fully saturated rings. The zero-order valence-corrected chi connectivity index (χ0v) is 10.0. The molecule has 0 bridgehead atoms. The summed E-state index contributed by atoms with van der Waals surface area (Å²) in [6, 6.07) is 14.9. The van der Waals surface area contributed by atoms with E-state index in [1.165, 1.54) is 0 Å². The first-order valence-corrected chi connectivity index (χ1v) is 5.97. The molecule has 19 heavy (non-hydrogen) atoms. The highest BCUT2D eigenvalue weighted by Gasteiger charge is 2.18. The molecule has 3 aromatic rings. The fourth-order valence-electron chi connectivity index (χ4n) is 2.30. The second-order valence-corrected chi connectivity index (χ2v) is 4.49. The fraction of sp³-hybridized carbons (Fsp3) is 0.133. The zero-order valence-electron chi connectivity index (χ0n) is 10.0. The van der Waals surface area contributed by atoms with E-state index in [9.17, 15) is 10.2 Å². The summed E-state index contributed by atoms with van der Waals surface area (Å²) in [6.45, 7) is 0. The molecule has 3 rings (SSSR count). The molecule has 4 nitrogen and oxygen atoms in total. The SMILES string of the molecule is N#CC(O)C(O)c1ccc2[nH]c3ccccc3c2c1. The van der Waals surface area contributed by atoms with Crippen molar-refractivity contribution in [1.29, 1.82) is 5.26 Å². The van der Waals surface area contributed by atoms with Crippen LogP contribution in [0.4, 0.5) is 0 Å². The van der Waals surface area contributed by atoms with Crippen LogP contribution < -0.4 is 0 Å². The lowest BCUT2D eigenvalue weighted by Crippen LogP contribution is -2.15. The molecule has 2 unspecified atom stereocenters. The fourth-order valence-corrected chi connectivity index (χ4v) is 2.30. The van der Waals surface area contributed by atoms with Crippen LogP contribution in [0.25, 0.3) is 21.8 Å². The molecule has 3 N–H and O–H groups in total. The molecule has 0 amide bonds. The number of aromatic amines is 1. The van der Waals surface area contributed by atoms with E-state index in [-0.39, 0.29) is 0 Å². The van der Waals surface area contributed by atoms with Crippen molar-refractivity contribution in [2.75, 3.05) is 0 Å². The van der Waals surface area contributed by atoms with Crippen LogP contribution in [0.3, 0.4) is 0 Å². The van der Waals surface area contributed by atoms with E-state index < -0.39 is 12.2 Å². The normalized spacial score (nSPS) is 14.4. The Morgan fingerprint density at radius 3 is 2.53 bits per heavy atom. The first kappa shape index (κ1) is 11.7. The summed E-state index contributed by atoms with van der Waals surface area (Å²) in [5.41, 5.74) is 2.51. The molecule has 0 aliphatic heterocycles. The third kappa shape index (κ3) is 1.85. The Kier molecular flexibility index (Phi) is 2.71. The number of nitrogens with zero attached hydrogens (tertiary/aromatic N) is 1. The maximum absolute atomic E-state index is 9.88. The maximum atomic E-state index is 9.88. The molecule has 0 spiro atoms. The lowest BCUT2D eigenvalue weighted by atomic mass is 10.0. The monoisotopic (exact) mass is 252 g/mol. The van der Waals surface area contributed by atoms with E-state index >= 15 is 0 Å². The van der Waals surface area contributed by atoms with Crippen LogP contribution in [0.1, 0.15) is 11.7 Å². The molecule has 0 aliphatic rings. The highest BCUT2D eigenvalue weighted by molar-refractivity contribution is 6.07. The van der Waals surface area contributed by atoms with Gasteiger partial charge >= 0.3 is 0 Å². The highest BCUT2D eigenvalue weighted by Crippen LogP contribution is 2.28. The standard InChI is InChI=1S/C15H12N2O2/c16-8-14(18)15(19)9-5-6-13-11(7-9)10-3-1-2-4-12(10)17-13/h1-7,14-15,17-19H. The molecule has 1 aromatic heterocycles. The number of aromatic nitrogens is 1. The smallest absolute Gasteiger partial charge is 0.170 e. The summed E-state index contributed by atoms with van der Waals surface area (Å²) in [5, 5.41) is 29.9. The number of aliphatic hydroxyl groups excluding tert-OH is 2. The molecule has 94 valence electrons. The van der Waals surface area contributed by atoms with Crippen LogP contribution in [-0.2, 0) is 0 Å². The van der Waals surface area contributed by atoms with E-state index in [1.807, 2.05) is 30.3 Å². The van der Waals surface area contributed by atoms with Gasteiger partial charge in [-0.2, -0.15) is 5.26 Å². The Morgan fingerprint density at radius 2 is 1.74 bits per heavy atom. The summed E-state index contributed by atoms with van der Waals surface area (Å²) in [4.78, 5) is 3.28. The Bertz CT molecular complexity index is 786. The van der Waals surface area contributed by atoms with Crippen LogP contribution >= 0.6 is 0 Å². The van der Waals surface area contributed by atoms with Gasteiger partial charge in [0.25, 0.3) is 0 Å². The first-order chi connectivity index (χ1) is 9.20. The summed E-state index contributed by atoms with van der Waals surface area (Å²) in [5.74, 6) is 0. The largest absolute Gasteiger partial charge is 0.385 e. The Morgan fingerprint density at radius 1 is 1.00 bits per heavy atom. The van der Waals surface area contributed by atoms with Gasteiger partial charge < -0.3 is 15.2 Å². The molecule has 2 atom stereocenters. The molecule has 4 heteroatoms. The maximum Gasteiger partial charge on any atom is 0.170 e. The number of aliphatic hydroxyl groups is 2. The minimum Gasteiger partial charge on any atom is -0.385 e. The van der Waals surface area contributed by atoms with E-state index in [4.69, 9.17) is 5.26 Å². The number of fused-ring (bicyclic) bond motifs is 3. The molecular formula is C15H12N2O2. The van der Waals surface area contributed by atoms with Gasteiger partial charge in [0.15, 0.2) is 6.10 Å². The molecule has 0 aliphatic carbocycles. The molecule has 2 aromatic carbocycles. The molecule has 0 saturated heterocycles. The second kappa shape index (κ2) is 4.39. The lowest BCUT2D eigenvalue weighted by Gasteiger charge is -2.11. The second-order valence-electron chi connectivity index (χ2n) is 4.49. The number of nitrogens with one attached hydrogen (secondary N) is 1. The van der Waals surface area contributed by atoms with Gasteiger partial charge in [-0.3, -0.25) is 0 Å². The van der Waals surface area contributed by atoms with Crippen molar-refractivity contribution in [2.45, 2.75) is 12.2 Å². The van der Waals surface area contributed by atoms with Crippen molar-refractivity contribution in [1.82, 2.24) is 4.98 Å².